The summed E-state index contributed by atoms with van der Waals surface area (Å²) in [5, 5.41) is 12.5. The van der Waals surface area contributed by atoms with Gasteiger partial charge in [0.2, 0.25) is 11.2 Å². The molecule has 0 aliphatic heterocycles. The van der Waals surface area contributed by atoms with Crippen molar-refractivity contribution < 1.29 is 28.9 Å². The minimum absolute atomic E-state index is 0.0983. The van der Waals surface area contributed by atoms with Gasteiger partial charge in [0.15, 0.2) is 0 Å². The Bertz CT molecular complexity index is 1130. The molecule has 3 aromatic rings. The van der Waals surface area contributed by atoms with Gasteiger partial charge in [-0.15, -0.1) is 0 Å². The molecule has 6 nitrogen and oxygen atoms in total. The van der Waals surface area contributed by atoms with Crippen molar-refractivity contribution in [1.82, 2.24) is 0 Å². The van der Waals surface area contributed by atoms with Crippen molar-refractivity contribution in [2.75, 3.05) is 14.2 Å². The zero-order chi connectivity index (χ0) is 24.6. The van der Waals surface area contributed by atoms with E-state index in [1.807, 2.05) is 18.2 Å². The summed E-state index contributed by atoms with van der Waals surface area (Å²) in [6.07, 6.45) is 2.66. The molecule has 0 bridgehead atoms. The molecule has 0 aromatic heterocycles. The Hall–Kier alpha value is -3.45. The first kappa shape index (κ1) is 25.2. The van der Waals surface area contributed by atoms with Crippen LogP contribution < -0.4 is 0 Å². The molecule has 0 amide bonds. The lowest BCUT2D eigenvalue weighted by Crippen LogP contribution is -2.62. The van der Waals surface area contributed by atoms with Crippen LogP contribution in [0.2, 0.25) is 5.02 Å². The predicted molar refractivity (Wildman–Crippen MR) is 129 cm³/mol. The summed E-state index contributed by atoms with van der Waals surface area (Å²) < 4.78 is 16.2. The summed E-state index contributed by atoms with van der Waals surface area (Å²) in [5.74, 6) is -2.07. The Morgan fingerprint density at radius 1 is 0.853 bits per heavy atom. The highest BCUT2D eigenvalue weighted by molar-refractivity contribution is 6.30. The molecule has 34 heavy (non-hydrogen) atoms. The molecule has 3 rings (SSSR count). The second-order valence-corrected chi connectivity index (χ2v) is 7.89. The summed E-state index contributed by atoms with van der Waals surface area (Å²) in [6, 6.07) is 24.0. The van der Waals surface area contributed by atoms with E-state index < -0.39 is 23.1 Å². The largest absolute Gasteiger partial charge is 0.467 e. The number of aliphatic hydroxyl groups is 1. The van der Waals surface area contributed by atoms with E-state index in [0.717, 1.165) is 19.8 Å². The molecular formula is C27H25ClO6. The molecule has 7 heteroatoms. The molecule has 0 aliphatic carbocycles. The van der Waals surface area contributed by atoms with Gasteiger partial charge in [-0.1, -0.05) is 90.5 Å². The van der Waals surface area contributed by atoms with Gasteiger partial charge in [-0.05, 0) is 34.9 Å². The van der Waals surface area contributed by atoms with Crippen molar-refractivity contribution in [3.8, 4) is 0 Å². The molecule has 0 unspecified atom stereocenters. The van der Waals surface area contributed by atoms with Gasteiger partial charge in [-0.2, -0.15) is 0 Å². The lowest BCUT2D eigenvalue weighted by molar-refractivity contribution is -0.218. The Labute approximate surface area is 203 Å². The maximum Gasteiger partial charge on any atom is 0.346 e. The highest BCUT2D eigenvalue weighted by Crippen LogP contribution is 2.41. The molecular weight excluding hydrogens is 456 g/mol. The molecule has 0 saturated carbocycles. The van der Waals surface area contributed by atoms with Crippen LogP contribution in [0.3, 0.4) is 0 Å². The highest BCUT2D eigenvalue weighted by Gasteiger charge is 2.63. The van der Waals surface area contributed by atoms with Gasteiger partial charge in [0.1, 0.15) is 0 Å². The topological polar surface area (TPSA) is 82.1 Å². The van der Waals surface area contributed by atoms with E-state index in [0.29, 0.717) is 10.6 Å². The van der Waals surface area contributed by atoms with Crippen molar-refractivity contribution >= 4 is 29.6 Å². The zero-order valence-electron chi connectivity index (χ0n) is 18.8. The average Bonchev–Trinajstić information content (AvgIpc) is 2.89. The van der Waals surface area contributed by atoms with E-state index in [1.165, 1.54) is 12.2 Å². The van der Waals surface area contributed by atoms with E-state index in [1.54, 1.807) is 66.7 Å². The number of methoxy groups -OCH3 is 2. The number of ether oxygens (including phenoxy) is 3. The Balaban J connectivity index is 2.22. The normalized spacial score (nSPS) is 14.7. The first-order valence-electron chi connectivity index (χ1n) is 10.4. The molecule has 2 atom stereocenters. The van der Waals surface area contributed by atoms with E-state index in [2.05, 4.69) is 0 Å². The van der Waals surface area contributed by atoms with Crippen molar-refractivity contribution in [3.63, 3.8) is 0 Å². The molecule has 0 heterocycles. The first-order valence-corrected chi connectivity index (χ1v) is 10.8. The van der Waals surface area contributed by atoms with Crippen LogP contribution in [0.5, 0.6) is 0 Å². The smallest absolute Gasteiger partial charge is 0.346 e. The second-order valence-electron chi connectivity index (χ2n) is 7.46. The maximum absolute atomic E-state index is 13.4. The molecule has 0 fully saturated rings. The van der Waals surface area contributed by atoms with Crippen LogP contribution >= 0.6 is 11.6 Å². The molecule has 1 N–H and O–H groups in total. The van der Waals surface area contributed by atoms with Crippen LogP contribution in [-0.2, 0) is 36.0 Å². The van der Waals surface area contributed by atoms with Crippen LogP contribution in [0.4, 0.5) is 0 Å². The summed E-state index contributed by atoms with van der Waals surface area (Å²) in [6.45, 7) is -0.0983. The fourth-order valence-corrected chi connectivity index (χ4v) is 3.73. The lowest BCUT2D eigenvalue weighted by Gasteiger charge is -2.41. The number of benzene rings is 3. The van der Waals surface area contributed by atoms with E-state index in [-0.39, 0.29) is 12.2 Å². The molecule has 0 aliphatic rings. The van der Waals surface area contributed by atoms with Crippen LogP contribution in [0.15, 0.2) is 91.0 Å². The fraction of sp³-hybridized carbons (Fsp3) is 0.185. The summed E-state index contributed by atoms with van der Waals surface area (Å²) in [7, 11) is 2.28. The highest BCUT2D eigenvalue weighted by atomic mass is 35.5. The number of carbonyl (C=O) groups excluding carboxylic acids is 2. The van der Waals surface area contributed by atoms with Crippen molar-refractivity contribution in [2.24, 2.45) is 0 Å². The summed E-state index contributed by atoms with van der Waals surface area (Å²) in [4.78, 5) is 26.5. The number of rotatable bonds is 9. The Kier molecular flexibility index (Phi) is 8.23. The van der Waals surface area contributed by atoms with Gasteiger partial charge >= 0.3 is 11.9 Å². The second kappa shape index (κ2) is 11.1. The van der Waals surface area contributed by atoms with Gasteiger partial charge in [-0.25, -0.2) is 9.59 Å². The molecule has 0 radical (unpaired) electrons. The number of hydrogen-bond donors (Lipinski definition) is 1. The van der Waals surface area contributed by atoms with Crippen LogP contribution in [0.25, 0.3) is 6.08 Å². The summed E-state index contributed by atoms with van der Waals surface area (Å²) in [5.41, 5.74) is -3.31. The number of carbonyl (C=O) groups is 2. The predicted octanol–water partition coefficient (Wildman–Crippen LogP) is 4.54. The number of hydrogen-bond acceptors (Lipinski definition) is 6. The monoisotopic (exact) mass is 480 g/mol. The SMILES string of the molecule is COC(=O)[C@@](OCc1ccccc1)(c1ccccc1)[C@](O)(/C=C/c1ccc(Cl)cc1)C(=O)OC. The minimum Gasteiger partial charge on any atom is -0.467 e. The average molecular weight is 481 g/mol. The number of halogens is 1. The molecule has 0 spiro atoms. The van der Waals surface area contributed by atoms with Gasteiger partial charge in [0, 0.05) is 5.02 Å². The van der Waals surface area contributed by atoms with Crippen molar-refractivity contribution in [3.05, 3.63) is 113 Å². The third-order valence-corrected chi connectivity index (χ3v) is 5.62. The minimum atomic E-state index is -2.59. The fourth-order valence-electron chi connectivity index (χ4n) is 3.60. The standard InChI is InChI=1S/C27H25ClO6/c1-32-24(29)26(31,18-17-20-13-15-23(28)16-14-20)27(25(30)33-2,22-11-7-4-8-12-22)34-19-21-9-5-3-6-10-21/h3-18,31H,19H2,1-2H3/b18-17+/t26-,27-/m0/s1. The first-order chi connectivity index (χ1) is 16.4. The van der Waals surface area contributed by atoms with Gasteiger partial charge in [-0.3, -0.25) is 0 Å². The maximum atomic E-state index is 13.4. The Morgan fingerprint density at radius 2 is 1.41 bits per heavy atom. The van der Waals surface area contributed by atoms with Crippen molar-refractivity contribution in [1.29, 1.82) is 0 Å². The summed E-state index contributed by atoms with van der Waals surface area (Å²) >= 11 is 5.96. The van der Waals surface area contributed by atoms with Crippen molar-refractivity contribution in [2.45, 2.75) is 17.8 Å². The van der Waals surface area contributed by atoms with Crippen LogP contribution in [0.1, 0.15) is 16.7 Å². The lowest BCUT2D eigenvalue weighted by atomic mass is 9.76. The van der Waals surface area contributed by atoms with Gasteiger partial charge in [0.05, 0.1) is 20.8 Å². The zero-order valence-corrected chi connectivity index (χ0v) is 19.6. The third kappa shape index (κ3) is 5.04. The van der Waals surface area contributed by atoms with Crippen LogP contribution in [0, 0.1) is 0 Å². The van der Waals surface area contributed by atoms with Gasteiger partial charge in [0.25, 0.3) is 0 Å². The number of esters is 2. The molecule has 0 saturated heterocycles. The quantitative estimate of drug-likeness (QED) is 0.453. The van der Waals surface area contributed by atoms with E-state index in [4.69, 9.17) is 25.8 Å². The van der Waals surface area contributed by atoms with E-state index >= 15 is 0 Å². The van der Waals surface area contributed by atoms with Gasteiger partial charge < -0.3 is 19.3 Å². The molecule has 3 aromatic carbocycles. The van der Waals surface area contributed by atoms with Crippen LogP contribution in [-0.4, -0.2) is 36.9 Å². The third-order valence-electron chi connectivity index (χ3n) is 5.37. The van der Waals surface area contributed by atoms with E-state index in [9.17, 15) is 14.7 Å². The Morgan fingerprint density at radius 3 is 1.97 bits per heavy atom. The molecule has 176 valence electrons.